The summed E-state index contributed by atoms with van der Waals surface area (Å²) in [5.41, 5.74) is 5.41. The summed E-state index contributed by atoms with van der Waals surface area (Å²) < 4.78 is 33.2. The smallest absolute Gasteiger partial charge is 0.462 e. The predicted octanol–water partition coefficient (Wildman–Crippen LogP) is 24.8. The van der Waals surface area contributed by atoms with Gasteiger partial charge in [-0.2, -0.15) is 0 Å². The molecule has 0 rings (SSSR count). The summed E-state index contributed by atoms with van der Waals surface area (Å²) in [5, 5.41) is 0. The van der Waals surface area contributed by atoms with Gasteiger partial charge in [0.2, 0.25) is 0 Å². The summed E-state index contributed by atoms with van der Waals surface area (Å²) in [6.45, 7) is 3.68. The molecule has 0 saturated heterocycles. The Morgan fingerprint density at radius 1 is 0.356 bits per heavy atom. The maximum atomic E-state index is 12.8. The van der Waals surface area contributed by atoms with E-state index in [0.29, 0.717) is 6.42 Å². The standard InChI is InChI=1S/C77H142NO8P/c1-3-5-7-9-11-13-15-17-19-21-23-25-27-29-31-33-34-35-36-37-38-39-40-42-44-46-48-50-52-54-56-58-60-62-64-66-68-70-77(80)86-75(74-85-87(81,82)84-72-71-78)73-83-76(79)69-67-65-63-61-59-57-55-53-51-49-47-45-43-41-32-30-28-26-24-22-20-18-16-14-12-10-8-6-4-2/h5,7,11,13,16-19,22-25,75H,3-4,6,8-10,12,14-15,20-21,26-74,78H2,1-2H3,(H,81,82)/b7-5-,13-11-,18-16-,19-17-,24-22-,25-23-. The first kappa shape index (κ1) is 84.5. The molecule has 0 spiro atoms. The summed E-state index contributed by atoms with van der Waals surface area (Å²) in [6.07, 6.45) is 95.9. The van der Waals surface area contributed by atoms with Crippen molar-refractivity contribution in [2.75, 3.05) is 26.4 Å². The summed E-state index contributed by atoms with van der Waals surface area (Å²) in [4.78, 5) is 35.4. The van der Waals surface area contributed by atoms with Crippen molar-refractivity contribution in [2.24, 2.45) is 5.73 Å². The van der Waals surface area contributed by atoms with E-state index in [4.69, 9.17) is 24.3 Å². The zero-order chi connectivity index (χ0) is 63.0. The maximum absolute atomic E-state index is 12.8. The van der Waals surface area contributed by atoms with E-state index in [1.54, 1.807) is 0 Å². The number of ether oxygens (including phenoxy) is 2. The number of rotatable bonds is 71. The highest BCUT2D eigenvalue weighted by atomic mass is 31.2. The molecule has 0 bridgehead atoms. The Bertz CT molecular complexity index is 1660. The number of hydrogen-bond acceptors (Lipinski definition) is 8. The van der Waals surface area contributed by atoms with E-state index >= 15 is 0 Å². The molecule has 0 amide bonds. The third kappa shape index (κ3) is 72.4. The molecule has 9 nitrogen and oxygen atoms in total. The lowest BCUT2D eigenvalue weighted by atomic mass is 10.0. The van der Waals surface area contributed by atoms with Crippen molar-refractivity contribution >= 4 is 19.8 Å². The second-order valence-electron chi connectivity index (χ2n) is 25.1. The van der Waals surface area contributed by atoms with Crippen LogP contribution in [-0.2, 0) is 32.7 Å². The van der Waals surface area contributed by atoms with Crippen LogP contribution in [0.1, 0.15) is 373 Å². The largest absolute Gasteiger partial charge is 0.472 e. The van der Waals surface area contributed by atoms with Crippen LogP contribution in [0.15, 0.2) is 72.9 Å². The number of esters is 2. The maximum Gasteiger partial charge on any atom is 0.472 e. The van der Waals surface area contributed by atoms with Crippen LogP contribution in [0.25, 0.3) is 0 Å². The van der Waals surface area contributed by atoms with E-state index in [-0.39, 0.29) is 38.6 Å². The molecule has 0 aliphatic carbocycles. The molecule has 0 aromatic heterocycles. The van der Waals surface area contributed by atoms with Gasteiger partial charge in [0.1, 0.15) is 6.61 Å². The Labute approximate surface area is 539 Å². The topological polar surface area (TPSA) is 134 Å². The van der Waals surface area contributed by atoms with Gasteiger partial charge < -0.3 is 20.1 Å². The number of hydrogen-bond donors (Lipinski definition) is 2. The minimum absolute atomic E-state index is 0.0546. The molecule has 508 valence electrons. The van der Waals surface area contributed by atoms with E-state index in [0.717, 1.165) is 64.2 Å². The lowest BCUT2D eigenvalue weighted by molar-refractivity contribution is -0.161. The van der Waals surface area contributed by atoms with Gasteiger partial charge in [-0.1, -0.05) is 350 Å². The number of phosphoric acid groups is 1. The molecule has 0 aliphatic rings. The van der Waals surface area contributed by atoms with Gasteiger partial charge in [0.25, 0.3) is 0 Å². The highest BCUT2D eigenvalue weighted by molar-refractivity contribution is 7.47. The second kappa shape index (κ2) is 72.5. The first-order valence-electron chi connectivity index (χ1n) is 37.4. The van der Waals surface area contributed by atoms with Gasteiger partial charge in [0.05, 0.1) is 13.2 Å². The van der Waals surface area contributed by atoms with E-state index < -0.39 is 26.5 Å². The normalized spacial score (nSPS) is 13.3. The number of allylic oxidation sites excluding steroid dienone is 12. The van der Waals surface area contributed by atoms with Crippen LogP contribution in [0.5, 0.6) is 0 Å². The van der Waals surface area contributed by atoms with Crippen molar-refractivity contribution in [1.82, 2.24) is 0 Å². The molecule has 0 heterocycles. The Morgan fingerprint density at radius 2 is 0.632 bits per heavy atom. The molecule has 3 N–H and O–H groups in total. The minimum Gasteiger partial charge on any atom is -0.462 e. The molecule has 0 saturated carbocycles. The molecule has 10 heteroatoms. The molecule has 87 heavy (non-hydrogen) atoms. The lowest BCUT2D eigenvalue weighted by Crippen LogP contribution is -2.29. The van der Waals surface area contributed by atoms with Crippen LogP contribution in [0.3, 0.4) is 0 Å². The van der Waals surface area contributed by atoms with Crippen molar-refractivity contribution in [3.8, 4) is 0 Å². The van der Waals surface area contributed by atoms with Crippen LogP contribution in [0.2, 0.25) is 0 Å². The highest BCUT2D eigenvalue weighted by Crippen LogP contribution is 2.43. The third-order valence-electron chi connectivity index (χ3n) is 16.6. The number of unbranched alkanes of at least 4 members (excludes halogenated alkanes) is 46. The molecule has 2 atom stereocenters. The Kier molecular flexibility index (Phi) is 70.4. The van der Waals surface area contributed by atoms with E-state index in [2.05, 4.69) is 86.8 Å². The van der Waals surface area contributed by atoms with Crippen LogP contribution in [0, 0.1) is 0 Å². The van der Waals surface area contributed by atoms with Crippen LogP contribution in [-0.4, -0.2) is 49.3 Å². The van der Waals surface area contributed by atoms with E-state index in [1.165, 1.54) is 276 Å². The third-order valence-corrected chi connectivity index (χ3v) is 17.6. The van der Waals surface area contributed by atoms with Crippen molar-refractivity contribution in [2.45, 2.75) is 380 Å². The molecule has 0 aliphatic heterocycles. The van der Waals surface area contributed by atoms with Crippen molar-refractivity contribution in [1.29, 1.82) is 0 Å². The molecule has 2 unspecified atom stereocenters. The summed E-state index contributed by atoms with van der Waals surface area (Å²) in [6, 6.07) is 0. The van der Waals surface area contributed by atoms with E-state index in [1.807, 2.05) is 0 Å². The van der Waals surface area contributed by atoms with Gasteiger partial charge in [0.15, 0.2) is 6.10 Å². The van der Waals surface area contributed by atoms with Gasteiger partial charge in [0, 0.05) is 19.4 Å². The summed E-state index contributed by atoms with van der Waals surface area (Å²) in [7, 11) is -4.39. The van der Waals surface area contributed by atoms with Crippen molar-refractivity contribution < 1.29 is 37.6 Å². The van der Waals surface area contributed by atoms with Crippen LogP contribution < -0.4 is 5.73 Å². The minimum atomic E-state index is -4.39. The average molecular weight is 1240 g/mol. The fourth-order valence-corrected chi connectivity index (χ4v) is 11.8. The Balaban J connectivity index is 3.79. The lowest BCUT2D eigenvalue weighted by Gasteiger charge is -2.19. The zero-order valence-corrected chi connectivity index (χ0v) is 58.2. The summed E-state index contributed by atoms with van der Waals surface area (Å²) in [5.74, 6) is -0.807. The first-order chi connectivity index (χ1) is 42.8. The molecular weight excluding hydrogens is 1100 g/mol. The molecule has 0 aromatic carbocycles. The quantitative estimate of drug-likeness (QED) is 0.0264. The number of carbonyl (C=O) groups is 2. The molecule has 0 fully saturated rings. The van der Waals surface area contributed by atoms with Crippen LogP contribution >= 0.6 is 7.82 Å². The number of phosphoric ester groups is 1. The fourth-order valence-electron chi connectivity index (χ4n) is 11.1. The predicted molar refractivity (Wildman–Crippen MR) is 376 cm³/mol. The first-order valence-corrected chi connectivity index (χ1v) is 38.9. The fraction of sp³-hybridized carbons (Fsp3) is 0.818. The van der Waals surface area contributed by atoms with Crippen LogP contribution in [0.4, 0.5) is 0 Å². The van der Waals surface area contributed by atoms with Crippen molar-refractivity contribution in [3.05, 3.63) is 72.9 Å². The molecular formula is C77H142NO8P. The zero-order valence-electron chi connectivity index (χ0n) is 57.3. The van der Waals surface area contributed by atoms with Crippen molar-refractivity contribution in [3.63, 3.8) is 0 Å². The van der Waals surface area contributed by atoms with Gasteiger partial charge in [-0.3, -0.25) is 18.6 Å². The monoisotopic (exact) mass is 1240 g/mol. The number of nitrogens with two attached hydrogens (primary N) is 1. The highest BCUT2D eigenvalue weighted by Gasteiger charge is 2.26. The number of carbonyl (C=O) groups excluding carboxylic acids is 2. The second-order valence-corrected chi connectivity index (χ2v) is 26.6. The van der Waals surface area contributed by atoms with Gasteiger partial charge in [-0.15, -0.1) is 0 Å². The SMILES string of the molecule is CC/C=C\C/C=C\C/C=C\C/C=C\CCCCCCCCCCCCCCCCCCCCCCCCCCC(=O)OC(COC(=O)CCCCCCCCCCCCCCCCCCC/C=C\C/C=C\CCCCCCC)COP(=O)(O)OCCN. The Hall–Kier alpha value is -2.55. The van der Waals surface area contributed by atoms with Gasteiger partial charge in [-0.05, 0) is 83.5 Å². The average Bonchev–Trinajstić information content (AvgIpc) is 3.65. The summed E-state index contributed by atoms with van der Waals surface area (Å²) >= 11 is 0. The molecule has 0 aromatic rings. The molecule has 0 radical (unpaired) electrons. The van der Waals surface area contributed by atoms with E-state index in [9.17, 15) is 19.0 Å². The van der Waals surface area contributed by atoms with Gasteiger partial charge in [-0.25, -0.2) is 4.57 Å². The Morgan fingerprint density at radius 3 is 0.943 bits per heavy atom. The van der Waals surface area contributed by atoms with Gasteiger partial charge >= 0.3 is 19.8 Å².